The third kappa shape index (κ3) is 4.87. The van der Waals surface area contributed by atoms with E-state index in [1.807, 2.05) is 31.2 Å². The standard InChI is InChI=1S/C13H20N2O2/c1-3-8-14-13(16)15-9-11-6-4-5-7-12(11)10-17-2/h4-7H,3,8-10H2,1-2H3,(H2,14,15,16). The van der Waals surface area contributed by atoms with E-state index in [1.165, 1.54) is 0 Å². The summed E-state index contributed by atoms with van der Waals surface area (Å²) in [5.41, 5.74) is 2.19. The number of carbonyl (C=O) groups excluding carboxylic acids is 1. The van der Waals surface area contributed by atoms with Gasteiger partial charge in [0.25, 0.3) is 0 Å². The predicted molar refractivity (Wildman–Crippen MR) is 67.7 cm³/mol. The molecule has 4 nitrogen and oxygen atoms in total. The zero-order valence-corrected chi connectivity index (χ0v) is 10.5. The molecule has 2 amide bonds. The van der Waals surface area contributed by atoms with Gasteiger partial charge in [-0.05, 0) is 17.5 Å². The van der Waals surface area contributed by atoms with Crippen molar-refractivity contribution in [2.75, 3.05) is 13.7 Å². The van der Waals surface area contributed by atoms with Gasteiger partial charge >= 0.3 is 6.03 Å². The second-order valence-electron chi connectivity index (χ2n) is 3.81. The molecular formula is C13H20N2O2. The van der Waals surface area contributed by atoms with E-state index in [4.69, 9.17) is 4.74 Å². The average molecular weight is 236 g/mol. The van der Waals surface area contributed by atoms with Gasteiger partial charge < -0.3 is 15.4 Å². The summed E-state index contributed by atoms with van der Waals surface area (Å²) >= 11 is 0. The van der Waals surface area contributed by atoms with E-state index in [0.29, 0.717) is 19.7 Å². The minimum absolute atomic E-state index is 0.126. The molecule has 1 rings (SSSR count). The molecule has 4 heteroatoms. The van der Waals surface area contributed by atoms with Gasteiger partial charge in [-0.25, -0.2) is 4.79 Å². The van der Waals surface area contributed by atoms with Crippen molar-refractivity contribution in [2.24, 2.45) is 0 Å². The zero-order valence-electron chi connectivity index (χ0n) is 10.5. The first-order valence-corrected chi connectivity index (χ1v) is 5.85. The van der Waals surface area contributed by atoms with Crippen molar-refractivity contribution in [2.45, 2.75) is 26.5 Å². The maximum Gasteiger partial charge on any atom is 0.315 e. The van der Waals surface area contributed by atoms with Crippen molar-refractivity contribution in [1.29, 1.82) is 0 Å². The molecule has 94 valence electrons. The molecule has 17 heavy (non-hydrogen) atoms. The number of carbonyl (C=O) groups is 1. The lowest BCUT2D eigenvalue weighted by atomic mass is 10.1. The second-order valence-corrected chi connectivity index (χ2v) is 3.81. The molecule has 0 fully saturated rings. The van der Waals surface area contributed by atoms with E-state index in [1.54, 1.807) is 7.11 Å². The minimum Gasteiger partial charge on any atom is -0.380 e. The van der Waals surface area contributed by atoms with Crippen LogP contribution in [-0.4, -0.2) is 19.7 Å². The van der Waals surface area contributed by atoms with Gasteiger partial charge in [-0.3, -0.25) is 0 Å². The predicted octanol–water partition coefficient (Wildman–Crippen LogP) is 2.04. The van der Waals surface area contributed by atoms with Gasteiger partial charge in [-0.15, -0.1) is 0 Å². The largest absolute Gasteiger partial charge is 0.380 e. The number of benzene rings is 1. The van der Waals surface area contributed by atoms with E-state index >= 15 is 0 Å². The maximum absolute atomic E-state index is 11.4. The molecule has 0 aliphatic heterocycles. The average Bonchev–Trinajstić information content (AvgIpc) is 2.35. The first kappa shape index (κ1) is 13.5. The molecule has 0 saturated carbocycles. The minimum atomic E-state index is -0.126. The maximum atomic E-state index is 11.4. The van der Waals surface area contributed by atoms with E-state index < -0.39 is 0 Å². The fourth-order valence-electron chi connectivity index (χ4n) is 1.50. The number of hydrogen-bond acceptors (Lipinski definition) is 2. The smallest absolute Gasteiger partial charge is 0.315 e. The highest BCUT2D eigenvalue weighted by atomic mass is 16.5. The first-order valence-electron chi connectivity index (χ1n) is 5.85. The normalized spacial score (nSPS) is 10.0. The fourth-order valence-corrected chi connectivity index (χ4v) is 1.50. The van der Waals surface area contributed by atoms with Crippen molar-refractivity contribution < 1.29 is 9.53 Å². The van der Waals surface area contributed by atoms with E-state index in [9.17, 15) is 4.79 Å². The van der Waals surface area contributed by atoms with E-state index in [2.05, 4.69) is 10.6 Å². The van der Waals surface area contributed by atoms with Gasteiger partial charge in [0.1, 0.15) is 0 Å². The Morgan fingerprint density at radius 1 is 1.24 bits per heavy atom. The molecule has 0 bridgehead atoms. The molecule has 0 aromatic heterocycles. The van der Waals surface area contributed by atoms with Crippen LogP contribution in [0.3, 0.4) is 0 Å². The topological polar surface area (TPSA) is 50.4 Å². The molecule has 0 aliphatic carbocycles. The third-order valence-electron chi connectivity index (χ3n) is 2.39. The van der Waals surface area contributed by atoms with Crippen LogP contribution in [0.5, 0.6) is 0 Å². The van der Waals surface area contributed by atoms with Crippen molar-refractivity contribution in [3.05, 3.63) is 35.4 Å². The van der Waals surface area contributed by atoms with Crippen molar-refractivity contribution in [3.63, 3.8) is 0 Å². The van der Waals surface area contributed by atoms with Crippen LogP contribution in [0.2, 0.25) is 0 Å². The molecular weight excluding hydrogens is 216 g/mol. The molecule has 0 atom stereocenters. The van der Waals surface area contributed by atoms with Crippen molar-refractivity contribution in [1.82, 2.24) is 10.6 Å². The number of hydrogen-bond donors (Lipinski definition) is 2. The SMILES string of the molecule is CCCNC(=O)NCc1ccccc1COC. The van der Waals surface area contributed by atoms with Gasteiger partial charge in [0.05, 0.1) is 6.61 Å². The van der Waals surface area contributed by atoms with Crippen LogP contribution in [0.25, 0.3) is 0 Å². The summed E-state index contributed by atoms with van der Waals surface area (Å²) in [5.74, 6) is 0. The van der Waals surface area contributed by atoms with Crippen LogP contribution in [0.1, 0.15) is 24.5 Å². The highest BCUT2D eigenvalue weighted by Gasteiger charge is 2.03. The van der Waals surface area contributed by atoms with Crippen LogP contribution >= 0.6 is 0 Å². The van der Waals surface area contributed by atoms with E-state index in [-0.39, 0.29) is 6.03 Å². The second kappa shape index (κ2) is 7.68. The highest BCUT2D eigenvalue weighted by molar-refractivity contribution is 5.73. The zero-order chi connectivity index (χ0) is 12.5. The van der Waals surface area contributed by atoms with Gasteiger partial charge in [0.2, 0.25) is 0 Å². The quantitative estimate of drug-likeness (QED) is 0.794. The van der Waals surface area contributed by atoms with Crippen LogP contribution < -0.4 is 10.6 Å². The monoisotopic (exact) mass is 236 g/mol. The number of nitrogens with one attached hydrogen (secondary N) is 2. The Hall–Kier alpha value is -1.55. The Morgan fingerprint density at radius 3 is 2.59 bits per heavy atom. The van der Waals surface area contributed by atoms with Gasteiger partial charge in [0, 0.05) is 20.2 Å². The van der Waals surface area contributed by atoms with Crippen LogP contribution in [-0.2, 0) is 17.9 Å². The number of urea groups is 1. The number of methoxy groups -OCH3 is 1. The van der Waals surface area contributed by atoms with Gasteiger partial charge in [0.15, 0.2) is 0 Å². The van der Waals surface area contributed by atoms with Crippen molar-refractivity contribution in [3.8, 4) is 0 Å². The van der Waals surface area contributed by atoms with Crippen LogP contribution in [0.15, 0.2) is 24.3 Å². The van der Waals surface area contributed by atoms with Crippen LogP contribution in [0.4, 0.5) is 4.79 Å². The molecule has 0 aliphatic rings. The molecule has 0 spiro atoms. The fraction of sp³-hybridized carbons (Fsp3) is 0.462. The number of rotatable bonds is 6. The van der Waals surface area contributed by atoms with Gasteiger partial charge in [-0.2, -0.15) is 0 Å². The van der Waals surface area contributed by atoms with E-state index in [0.717, 1.165) is 17.5 Å². The van der Waals surface area contributed by atoms with Crippen LogP contribution in [0, 0.1) is 0 Å². The lowest BCUT2D eigenvalue weighted by Gasteiger charge is -2.10. The van der Waals surface area contributed by atoms with Crippen molar-refractivity contribution >= 4 is 6.03 Å². The molecule has 0 saturated heterocycles. The Labute approximate surface area is 102 Å². The summed E-state index contributed by atoms with van der Waals surface area (Å²) in [6.45, 7) is 3.81. The first-order chi connectivity index (χ1) is 8.27. The summed E-state index contributed by atoms with van der Waals surface area (Å²) in [4.78, 5) is 11.4. The summed E-state index contributed by atoms with van der Waals surface area (Å²) in [6, 6.07) is 7.80. The molecule has 1 aromatic rings. The Balaban J connectivity index is 2.47. The summed E-state index contributed by atoms with van der Waals surface area (Å²) in [7, 11) is 1.66. The Bertz CT molecular complexity index is 353. The lowest BCUT2D eigenvalue weighted by molar-refractivity contribution is 0.184. The number of amides is 2. The van der Waals surface area contributed by atoms with Gasteiger partial charge in [-0.1, -0.05) is 31.2 Å². The molecule has 1 aromatic carbocycles. The summed E-state index contributed by atoms with van der Waals surface area (Å²) in [6.07, 6.45) is 0.938. The Kier molecular flexibility index (Phi) is 6.10. The number of ether oxygens (including phenoxy) is 1. The molecule has 0 heterocycles. The summed E-state index contributed by atoms with van der Waals surface area (Å²) < 4.78 is 5.11. The lowest BCUT2D eigenvalue weighted by Crippen LogP contribution is -2.35. The molecule has 0 radical (unpaired) electrons. The molecule has 0 unspecified atom stereocenters. The highest BCUT2D eigenvalue weighted by Crippen LogP contribution is 2.09. The molecule has 2 N–H and O–H groups in total. The summed E-state index contributed by atoms with van der Waals surface area (Å²) in [5, 5.41) is 5.60. The Morgan fingerprint density at radius 2 is 1.94 bits per heavy atom. The third-order valence-corrected chi connectivity index (χ3v) is 2.39.